The highest BCUT2D eigenvalue weighted by atomic mass is 16.5. The van der Waals surface area contributed by atoms with Gasteiger partial charge in [-0.1, -0.05) is 44.2 Å². The first-order chi connectivity index (χ1) is 14.5. The van der Waals surface area contributed by atoms with E-state index < -0.39 is 6.10 Å². The number of ether oxygens (including phenoxy) is 2. The third-order valence-electron chi connectivity index (χ3n) is 5.13. The van der Waals surface area contributed by atoms with E-state index in [9.17, 15) is 5.11 Å². The molecule has 0 aliphatic rings. The fourth-order valence-electron chi connectivity index (χ4n) is 3.26. The second kappa shape index (κ2) is 10.1. The Labute approximate surface area is 178 Å². The molecular weight excluding hydrogens is 376 g/mol. The Hall–Kier alpha value is -3.05. The molecule has 0 amide bonds. The Morgan fingerprint density at radius 1 is 0.800 bits per heavy atom. The van der Waals surface area contributed by atoms with Crippen LogP contribution in [0.3, 0.4) is 0 Å². The van der Waals surface area contributed by atoms with E-state index in [1.165, 1.54) is 0 Å². The van der Waals surface area contributed by atoms with Crippen molar-refractivity contribution in [2.45, 2.75) is 33.0 Å². The number of aromatic nitrogens is 1. The van der Waals surface area contributed by atoms with E-state index in [4.69, 9.17) is 9.47 Å². The monoisotopic (exact) mass is 406 g/mol. The van der Waals surface area contributed by atoms with Crippen molar-refractivity contribution in [3.8, 4) is 11.5 Å². The van der Waals surface area contributed by atoms with Crippen LogP contribution in [-0.2, 0) is 13.1 Å². The smallest absolute Gasteiger partial charge is 0.129 e. The maximum atomic E-state index is 10.3. The fourth-order valence-corrected chi connectivity index (χ4v) is 3.26. The standard InChI is InChI=1S/C25H30N2O3/c1-18(2)25(28)21-9-14-24(26-15-21)27(16-19-5-10-22(29-3)11-6-19)17-20-7-12-23(30-4)13-8-20/h5-15,18,25,28H,16-17H2,1-4H3. The summed E-state index contributed by atoms with van der Waals surface area (Å²) in [6.07, 6.45) is 1.26. The van der Waals surface area contributed by atoms with Crippen LogP contribution in [0.4, 0.5) is 5.82 Å². The van der Waals surface area contributed by atoms with Crippen molar-refractivity contribution in [3.63, 3.8) is 0 Å². The molecule has 0 aliphatic heterocycles. The number of anilines is 1. The van der Waals surface area contributed by atoms with Crippen LogP contribution in [0, 0.1) is 5.92 Å². The van der Waals surface area contributed by atoms with Gasteiger partial charge in [-0.2, -0.15) is 0 Å². The molecule has 0 spiro atoms. The van der Waals surface area contributed by atoms with Crippen LogP contribution in [0.15, 0.2) is 66.9 Å². The van der Waals surface area contributed by atoms with E-state index in [1.807, 2.05) is 50.2 Å². The molecule has 0 saturated heterocycles. The number of hydrogen-bond acceptors (Lipinski definition) is 5. The lowest BCUT2D eigenvalue weighted by Crippen LogP contribution is -2.23. The molecule has 1 atom stereocenters. The van der Waals surface area contributed by atoms with Gasteiger partial charge in [0.05, 0.1) is 20.3 Å². The Bertz CT molecular complexity index is 857. The highest BCUT2D eigenvalue weighted by Gasteiger charge is 2.15. The molecule has 3 aromatic rings. The van der Waals surface area contributed by atoms with Gasteiger partial charge in [-0.25, -0.2) is 4.98 Å². The van der Waals surface area contributed by atoms with Crippen LogP contribution in [0.25, 0.3) is 0 Å². The number of benzene rings is 2. The molecule has 1 aromatic heterocycles. The molecule has 5 heteroatoms. The first-order valence-corrected chi connectivity index (χ1v) is 10.1. The number of aliphatic hydroxyl groups excluding tert-OH is 1. The molecule has 1 heterocycles. The van der Waals surface area contributed by atoms with E-state index in [0.717, 1.165) is 34.0 Å². The second-order valence-electron chi connectivity index (χ2n) is 7.69. The van der Waals surface area contributed by atoms with E-state index >= 15 is 0 Å². The number of nitrogens with zero attached hydrogens (tertiary/aromatic N) is 2. The van der Waals surface area contributed by atoms with Crippen molar-refractivity contribution in [2.24, 2.45) is 5.92 Å². The zero-order valence-electron chi connectivity index (χ0n) is 18.1. The fraction of sp³-hybridized carbons (Fsp3) is 0.320. The first kappa shape index (κ1) is 21.7. The molecule has 0 saturated carbocycles. The van der Waals surface area contributed by atoms with Gasteiger partial charge in [-0.05, 0) is 52.9 Å². The third kappa shape index (κ3) is 5.51. The van der Waals surface area contributed by atoms with Crippen LogP contribution >= 0.6 is 0 Å². The van der Waals surface area contributed by atoms with Gasteiger partial charge in [0.25, 0.3) is 0 Å². The molecule has 0 bridgehead atoms. The minimum absolute atomic E-state index is 0.146. The molecular formula is C25H30N2O3. The lowest BCUT2D eigenvalue weighted by molar-refractivity contribution is 0.126. The Morgan fingerprint density at radius 3 is 1.67 bits per heavy atom. The van der Waals surface area contributed by atoms with Crippen molar-refractivity contribution >= 4 is 5.82 Å². The van der Waals surface area contributed by atoms with Crippen molar-refractivity contribution in [2.75, 3.05) is 19.1 Å². The van der Waals surface area contributed by atoms with Crippen LogP contribution in [0.5, 0.6) is 11.5 Å². The van der Waals surface area contributed by atoms with Gasteiger partial charge in [0.2, 0.25) is 0 Å². The molecule has 3 rings (SSSR count). The summed E-state index contributed by atoms with van der Waals surface area (Å²) in [5.41, 5.74) is 3.16. The van der Waals surface area contributed by atoms with Gasteiger partial charge in [0, 0.05) is 19.3 Å². The maximum Gasteiger partial charge on any atom is 0.129 e. The Morgan fingerprint density at radius 2 is 1.30 bits per heavy atom. The molecule has 2 aromatic carbocycles. The molecule has 0 fully saturated rings. The molecule has 158 valence electrons. The van der Waals surface area contributed by atoms with E-state index in [0.29, 0.717) is 13.1 Å². The van der Waals surface area contributed by atoms with Crippen LogP contribution < -0.4 is 14.4 Å². The van der Waals surface area contributed by atoms with Gasteiger partial charge in [-0.3, -0.25) is 0 Å². The zero-order chi connectivity index (χ0) is 21.5. The van der Waals surface area contributed by atoms with Crippen LogP contribution in [-0.4, -0.2) is 24.3 Å². The maximum absolute atomic E-state index is 10.3. The summed E-state index contributed by atoms with van der Waals surface area (Å²) in [6.45, 7) is 5.40. The molecule has 5 nitrogen and oxygen atoms in total. The summed E-state index contributed by atoms with van der Waals surface area (Å²) in [5.74, 6) is 2.69. The highest BCUT2D eigenvalue weighted by molar-refractivity contribution is 5.43. The summed E-state index contributed by atoms with van der Waals surface area (Å²) in [5, 5.41) is 10.3. The first-order valence-electron chi connectivity index (χ1n) is 10.1. The number of rotatable bonds is 9. The number of methoxy groups -OCH3 is 2. The average molecular weight is 407 g/mol. The predicted molar refractivity (Wildman–Crippen MR) is 120 cm³/mol. The van der Waals surface area contributed by atoms with Crippen molar-refractivity contribution in [3.05, 3.63) is 83.6 Å². The van der Waals surface area contributed by atoms with Crippen molar-refractivity contribution in [1.82, 2.24) is 4.98 Å². The average Bonchev–Trinajstić information content (AvgIpc) is 2.79. The number of hydrogen-bond donors (Lipinski definition) is 1. The molecule has 1 N–H and O–H groups in total. The zero-order valence-corrected chi connectivity index (χ0v) is 18.1. The summed E-state index contributed by atoms with van der Waals surface area (Å²) in [4.78, 5) is 6.88. The van der Waals surface area contributed by atoms with Crippen LogP contribution in [0.1, 0.15) is 36.6 Å². The minimum atomic E-state index is -0.511. The third-order valence-corrected chi connectivity index (χ3v) is 5.13. The normalized spacial score (nSPS) is 11.9. The summed E-state index contributed by atoms with van der Waals surface area (Å²) in [6, 6.07) is 20.1. The minimum Gasteiger partial charge on any atom is -0.497 e. The summed E-state index contributed by atoms with van der Waals surface area (Å²) in [7, 11) is 3.34. The largest absolute Gasteiger partial charge is 0.497 e. The molecule has 1 unspecified atom stereocenters. The summed E-state index contributed by atoms with van der Waals surface area (Å²) < 4.78 is 10.5. The van der Waals surface area contributed by atoms with Gasteiger partial charge >= 0.3 is 0 Å². The number of pyridine rings is 1. The Kier molecular flexibility index (Phi) is 7.31. The number of aliphatic hydroxyl groups is 1. The van der Waals surface area contributed by atoms with Crippen molar-refractivity contribution in [1.29, 1.82) is 0 Å². The van der Waals surface area contributed by atoms with Gasteiger partial charge in [0.15, 0.2) is 0 Å². The SMILES string of the molecule is COc1ccc(CN(Cc2ccc(OC)cc2)c2ccc(C(O)C(C)C)cn2)cc1. The van der Waals surface area contributed by atoms with E-state index in [1.54, 1.807) is 20.4 Å². The van der Waals surface area contributed by atoms with Gasteiger partial charge < -0.3 is 19.5 Å². The van der Waals surface area contributed by atoms with E-state index in [-0.39, 0.29) is 5.92 Å². The summed E-state index contributed by atoms with van der Waals surface area (Å²) >= 11 is 0. The van der Waals surface area contributed by atoms with Gasteiger partial charge in [0.1, 0.15) is 17.3 Å². The van der Waals surface area contributed by atoms with E-state index in [2.05, 4.69) is 34.1 Å². The molecule has 0 aliphatic carbocycles. The lowest BCUT2D eigenvalue weighted by Gasteiger charge is -2.25. The second-order valence-corrected chi connectivity index (χ2v) is 7.69. The Balaban J connectivity index is 1.85. The topological polar surface area (TPSA) is 54.8 Å². The predicted octanol–water partition coefficient (Wildman–Crippen LogP) is 5.00. The quantitative estimate of drug-likeness (QED) is 0.542. The highest BCUT2D eigenvalue weighted by Crippen LogP contribution is 2.25. The van der Waals surface area contributed by atoms with Gasteiger partial charge in [-0.15, -0.1) is 0 Å². The van der Waals surface area contributed by atoms with Crippen LogP contribution in [0.2, 0.25) is 0 Å². The van der Waals surface area contributed by atoms with Crippen molar-refractivity contribution < 1.29 is 14.6 Å². The molecule has 30 heavy (non-hydrogen) atoms. The lowest BCUT2D eigenvalue weighted by atomic mass is 10.0. The molecule has 0 radical (unpaired) electrons.